The van der Waals surface area contributed by atoms with Gasteiger partial charge in [-0.3, -0.25) is 4.79 Å². The number of nitrogens with one attached hydrogen (secondary N) is 2. The average molecular weight is 427 g/mol. The molecule has 0 aliphatic carbocycles. The monoisotopic (exact) mass is 427 g/mol. The van der Waals surface area contributed by atoms with Crippen LogP contribution in [0.2, 0.25) is 0 Å². The number of para-hydroxylation sites is 2. The van der Waals surface area contributed by atoms with Gasteiger partial charge in [-0.15, -0.1) is 5.10 Å². The van der Waals surface area contributed by atoms with Crippen molar-refractivity contribution in [2.75, 3.05) is 0 Å². The van der Waals surface area contributed by atoms with E-state index in [-0.39, 0.29) is 5.56 Å². The van der Waals surface area contributed by atoms with Crippen molar-refractivity contribution < 1.29 is 9.18 Å². The molecule has 5 aromatic rings. The minimum absolute atomic E-state index is 0.117. The molecular formula is C23H18FN7O. The van der Waals surface area contributed by atoms with Crippen molar-refractivity contribution in [3.8, 4) is 5.69 Å². The molecule has 0 fully saturated rings. The summed E-state index contributed by atoms with van der Waals surface area (Å²) in [6.45, 7) is 0. The highest BCUT2D eigenvalue weighted by Crippen LogP contribution is 2.22. The molecule has 2 heterocycles. The van der Waals surface area contributed by atoms with Crippen LogP contribution in [-0.2, 0) is 6.42 Å². The van der Waals surface area contributed by atoms with Crippen molar-refractivity contribution >= 4 is 16.9 Å². The Kier molecular flexibility index (Phi) is 5.12. The number of carbonyl (C=O) groups excluding carboxylic acids is 1. The molecule has 0 spiro atoms. The second-order valence-electron chi connectivity index (χ2n) is 7.27. The third kappa shape index (κ3) is 3.95. The number of amides is 1. The number of hydrogen-bond acceptors (Lipinski definition) is 5. The Balaban J connectivity index is 1.51. The first-order valence-corrected chi connectivity index (χ1v) is 10.00. The molecule has 1 atom stereocenters. The highest BCUT2D eigenvalue weighted by atomic mass is 19.1. The SMILES string of the molecule is O=C(NC(Cc1ccccc1)c1nc2ccccc2[nH]1)c1cc(F)ccc1-n1cnnn1. The second-order valence-corrected chi connectivity index (χ2v) is 7.27. The van der Waals surface area contributed by atoms with E-state index in [1.807, 2.05) is 54.6 Å². The number of aromatic amines is 1. The Morgan fingerprint density at radius 1 is 1.06 bits per heavy atom. The Morgan fingerprint density at radius 2 is 1.88 bits per heavy atom. The van der Waals surface area contributed by atoms with Crippen LogP contribution >= 0.6 is 0 Å². The Morgan fingerprint density at radius 3 is 2.66 bits per heavy atom. The summed E-state index contributed by atoms with van der Waals surface area (Å²) in [5.41, 5.74) is 3.19. The van der Waals surface area contributed by atoms with Gasteiger partial charge in [0.15, 0.2) is 0 Å². The maximum atomic E-state index is 14.0. The number of aromatic nitrogens is 6. The van der Waals surface area contributed by atoms with Gasteiger partial charge in [0.1, 0.15) is 18.0 Å². The normalized spacial score (nSPS) is 12.0. The topological polar surface area (TPSA) is 101 Å². The Labute approximate surface area is 182 Å². The number of carbonyl (C=O) groups is 1. The predicted molar refractivity (Wildman–Crippen MR) is 116 cm³/mol. The number of H-pyrrole nitrogens is 1. The van der Waals surface area contributed by atoms with Crippen LogP contribution in [0.15, 0.2) is 79.1 Å². The molecule has 0 bridgehead atoms. The smallest absolute Gasteiger partial charge is 0.254 e. The van der Waals surface area contributed by atoms with Gasteiger partial charge in [-0.2, -0.15) is 4.68 Å². The van der Waals surface area contributed by atoms with Gasteiger partial charge in [0.25, 0.3) is 5.91 Å². The standard InChI is InChI=1S/C23H18FN7O/c24-16-10-11-21(31-14-25-29-30-31)17(13-16)23(32)28-20(12-15-6-2-1-3-7-15)22-26-18-8-4-5-9-19(18)27-22/h1-11,13-14,20H,12H2,(H,26,27)(H,28,32). The molecule has 9 heteroatoms. The van der Waals surface area contributed by atoms with E-state index in [4.69, 9.17) is 0 Å². The Hall–Kier alpha value is -4.40. The summed E-state index contributed by atoms with van der Waals surface area (Å²) in [5, 5.41) is 14.0. The fraction of sp³-hybridized carbons (Fsp3) is 0.0870. The molecule has 8 nitrogen and oxygen atoms in total. The molecular weight excluding hydrogens is 409 g/mol. The van der Waals surface area contributed by atoms with Crippen molar-refractivity contribution in [3.63, 3.8) is 0 Å². The number of nitrogens with zero attached hydrogens (tertiary/aromatic N) is 5. The number of benzene rings is 3. The number of tetrazole rings is 1. The predicted octanol–water partition coefficient (Wildman–Crippen LogP) is 3.39. The van der Waals surface area contributed by atoms with Crippen LogP contribution in [0.3, 0.4) is 0 Å². The van der Waals surface area contributed by atoms with Crippen LogP contribution in [0.1, 0.15) is 27.8 Å². The van der Waals surface area contributed by atoms with E-state index in [0.29, 0.717) is 17.9 Å². The summed E-state index contributed by atoms with van der Waals surface area (Å²) in [7, 11) is 0. The zero-order valence-electron chi connectivity index (χ0n) is 16.8. The van der Waals surface area contributed by atoms with E-state index >= 15 is 0 Å². The minimum atomic E-state index is -0.532. The summed E-state index contributed by atoms with van der Waals surface area (Å²) in [6.07, 6.45) is 1.85. The summed E-state index contributed by atoms with van der Waals surface area (Å²) >= 11 is 0. The number of imidazole rings is 1. The molecule has 2 aromatic heterocycles. The summed E-state index contributed by atoms with van der Waals surface area (Å²) in [5.74, 6) is -0.379. The van der Waals surface area contributed by atoms with Crippen LogP contribution in [0.4, 0.5) is 4.39 Å². The Bertz CT molecular complexity index is 1330. The highest BCUT2D eigenvalue weighted by Gasteiger charge is 2.22. The van der Waals surface area contributed by atoms with Crippen molar-refractivity contribution in [1.82, 2.24) is 35.5 Å². The van der Waals surface area contributed by atoms with Crippen molar-refractivity contribution in [3.05, 3.63) is 102 Å². The van der Waals surface area contributed by atoms with Gasteiger partial charge < -0.3 is 10.3 Å². The third-order valence-corrected chi connectivity index (χ3v) is 5.12. The molecule has 0 saturated carbocycles. The van der Waals surface area contributed by atoms with Gasteiger partial charge in [0, 0.05) is 0 Å². The van der Waals surface area contributed by atoms with Crippen molar-refractivity contribution in [2.45, 2.75) is 12.5 Å². The first kappa shape index (κ1) is 19.6. The van der Waals surface area contributed by atoms with E-state index in [9.17, 15) is 9.18 Å². The lowest BCUT2D eigenvalue weighted by molar-refractivity contribution is 0.0934. The first-order valence-electron chi connectivity index (χ1n) is 10.00. The summed E-state index contributed by atoms with van der Waals surface area (Å²) in [4.78, 5) is 21.3. The molecule has 0 radical (unpaired) electrons. The van der Waals surface area contributed by atoms with Crippen LogP contribution in [-0.4, -0.2) is 36.1 Å². The zero-order chi connectivity index (χ0) is 21.9. The van der Waals surface area contributed by atoms with Gasteiger partial charge in [0.2, 0.25) is 0 Å². The van der Waals surface area contributed by atoms with Crippen molar-refractivity contribution in [2.24, 2.45) is 0 Å². The maximum absolute atomic E-state index is 14.0. The summed E-state index contributed by atoms with van der Waals surface area (Å²) < 4.78 is 15.4. The molecule has 3 aromatic carbocycles. The van der Waals surface area contributed by atoms with E-state index in [0.717, 1.165) is 16.6 Å². The molecule has 0 aliphatic heterocycles. The van der Waals surface area contributed by atoms with Crippen LogP contribution in [0.5, 0.6) is 0 Å². The molecule has 2 N–H and O–H groups in total. The quantitative estimate of drug-likeness (QED) is 0.433. The minimum Gasteiger partial charge on any atom is -0.342 e. The van der Waals surface area contributed by atoms with Gasteiger partial charge >= 0.3 is 0 Å². The van der Waals surface area contributed by atoms with E-state index in [1.54, 1.807) is 0 Å². The van der Waals surface area contributed by atoms with Crippen molar-refractivity contribution in [1.29, 1.82) is 0 Å². The molecule has 5 rings (SSSR count). The fourth-order valence-corrected chi connectivity index (χ4v) is 3.60. The largest absolute Gasteiger partial charge is 0.342 e. The average Bonchev–Trinajstić information content (AvgIpc) is 3.49. The molecule has 0 aliphatic rings. The maximum Gasteiger partial charge on any atom is 0.254 e. The van der Waals surface area contributed by atoms with E-state index in [1.165, 1.54) is 29.2 Å². The molecule has 1 unspecified atom stereocenters. The van der Waals surface area contributed by atoms with E-state index < -0.39 is 17.8 Å². The lowest BCUT2D eigenvalue weighted by atomic mass is 10.0. The number of fused-ring (bicyclic) bond motifs is 1. The highest BCUT2D eigenvalue weighted by molar-refractivity contribution is 5.98. The van der Waals surface area contributed by atoms with Crippen LogP contribution < -0.4 is 5.32 Å². The van der Waals surface area contributed by atoms with Gasteiger partial charge in [-0.25, -0.2) is 9.37 Å². The van der Waals surface area contributed by atoms with Crippen LogP contribution in [0, 0.1) is 5.82 Å². The summed E-state index contributed by atoms with van der Waals surface area (Å²) in [6, 6.07) is 20.9. The number of rotatable bonds is 6. The van der Waals surface area contributed by atoms with Gasteiger partial charge in [-0.1, -0.05) is 42.5 Å². The second kappa shape index (κ2) is 8.38. The molecule has 32 heavy (non-hydrogen) atoms. The first-order chi connectivity index (χ1) is 15.7. The lowest BCUT2D eigenvalue weighted by Crippen LogP contribution is -2.31. The number of halogens is 1. The third-order valence-electron chi connectivity index (χ3n) is 5.12. The lowest BCUT2D eigenvalue weighted by Gasteiger charge is -2.18. The van der Waals surface area contributed by atoms with E-state index in [2.05, 4.69) is 30.8 Å². The molecule has 0 saturated heterocycles. The molecule has 1 amide bonds. The van der Waals surface area contributed by atoms with Gasteiger partial charge in [-0.05, 0) is 52.7 Å². The fourth-order valence-electron chi connectivity index (χ4n) is 3.60. The van der Waals surface area contributed by atoms with Crippen LogP contribution in [0.25, 0.3) is 16.7 Å². The van der Waals surface area contributed by atoms with Gasteiger partial charge in [0.05, 0.1) is 28.3 Å². The number of hydrogen-bond donors (Lipinski definition) is 2. The molecule has 158 valence electrons. The zero-order valence-corrected chi connectivity index (χ0v) is 16.8.